The van der Waals surface area contributed by atoms with Gasteiger partial charge in [0, 0.05) is 59.8 Å². The molecule has 0 spiro atoms. The maximum absolute atomic E-state index is 5.45. The van der Waals surface area contributed by atoms with Crippen LogP contribution in [0.15, 0.2) is 0 Å². The molecule has 0 aromatic rings. The minimum atomic E-state index is -0.0625. The molecule has 0 N–H and O–H groups in total. The Hall–Kier alpha value is 1.82. The van der Waals surface area contributed by atoms with Gasteiger partial charge in [-0.25, -0.2) is 0 Å². The van der Waals surface area contributed by atoms with E-state index in [1.165, 1.54) is 0 Å². The van der Waals surface area contributed by atoms with Gasteiger partial charge in [0.05, 0.1) is 0 Å². The Kier molecular flexibility index (Phi) is 21.4. The van der Waals surface area contributed by atoms with Crippen LogP contribution in [-0.2, 0) is 58.5 Å². The Balaban J connectivity index is -0.0000000800. The molecule has 0 saturated carbocycles. The summed E-state index contributed by atoms with van der Waals surface area (Å²) in [5.74, 6) is 0.532. The van der Waals surface area contributed by atoms with Gasteiger partial charge in [-0.1, -0.05) is 13.0 Å². The molecular weight excluding hydrogens is 396 g/mol. The molecule has 3 radical (unpaired) electrons. The summed E-state index contributed by atoms with van der Waals surface area (Å²) in [6.45, 7) is 5.87. The van der Waals surface area contributed by atoms with Crippen LogP contribution < -0.4 is 0 Å². The third-order valence-electron chi connectivity index (χ3n) is 1.59. The molecule has 4 heteroatoms. The molecule has 1 rings (SSSR count). The van der Waals surface area contributed by atoms with Crippen molar-refractivity contribution in [1.82, 2.24) is 0 Å². The molecule has 1 aliphatic rings. The van der Waals surface area contributed by atoms with Gasteiger partial charge in [-0.05, 0) is 12.3 Å². The fourth-order valence-corrected chi connectivity index (χ4v) is 0.932. The van der Waals surface area contributed by atoms with Gasteiger partial charge < -0.3 is 26.5 Å². The predicted octanol–water partition coefficient (Wildman–Crippen LogP) is 1.64. The standard InChI is InChI=1S/C6H10BO.2CH3.W.Y/c1-4-3-6(7)8-5(4)2;;;;/h4-6H,2-3H2,1H3;2*1H3;;/q3*-1;;. The number of rotatable bonds is 0. The van der Waals surface area contributed by atoms with Crippen LogP contribution in [0.25, 0.3) is 0 Å². The summed E-state index contributed by atoms with van der Waals surface area (Å²) in [5.41, 5.74) is 0. The van der Waals surface area contributed by atoms with Crippen molar-refractivity contribution in [3.8, 4) is 0 Å². The van der Waals surface area contributed by atoms with Crippen molar-refractivity contribution in [3.63, 3.8) is 0 Å². The molecule has 1 nitrogen and oxygen atoms in total. The Labute approximate surface area is 118 Å². The number of hydrogen-bond acceptors (Lipinski definition) is 1. The van der Waals surface area contributed by atoms with Gasteiger partial charge in [0.15, 0.2) is 0 Å². The topological polar surface area (TPSA) is 9.23 Å². The van der Waals surface area contributed by atoms with Gasteiger partial charge in [-0.3, -0.25) is 0 Å². The van der Waals surface area contributed by atoms with Crippen LogP contribution in [0, 0.1) is 27.7 Å². The normalized spacial score (nSPS) is 31.7. The van der Waals surface area contributed by atoms with Crippen LogP contribution in [0.5, 0.6) is 0 Å². The second kappa shape index (κ2) is 10.9. The van der Waals surface area contributed by atoms with E-state index in [1.807, 2.05) is 0 Å². The first-order valence-corrected chi connectivity index (χ1v) is 2.94. The summed E-state index contributed by atoms with van der Waals surface area (Å²) < 4.78 is 5.14. The zero-order valence-corrected chi connectivity index (χ0v) is 13.9. The van der Waals surface area contributed by atoms with E-state index in [0.717, 1.165) is 6.42 Å². The fourth-order valence-electron chi connectivity index (χ4n) is 0.932. The van der Waals surface area contributed by atoms with Gasteiger partial charge >= 0.3 is 0 Å². The molecule has 3 unspecified atom stereocenters. The quantitative estimate of drug-likeness (QED) is 0.435. The molecule has 0 aromatic carbocycles. The van der Waals surface area contributed by atoms with Crippen LogP contribution in [0.3, 0.4) is 0 Å². The molecule has 1 aliphatic heterocycles. The largest absolute Gasteiger partial charge is 0.416 e. The average molecular weight is 412 g/mol. The van der Waals surface area contributed by atoms with E-state index in [9.17, 15) is 0 Å². The zero-order valence-electron chi connectivity index (χ0n) is 8.12. The number of ether oxygens (including phenoxy) is 1. The third kappa shape index (κ3) is 7.24. The molecule has 3 atom stereocenters. The second-order valence-corrected chi connectivity index (χ2v) is 2.43. The molecule has 12 heavy (non-hydrogen) atoms. The smallest absolute Gasteiger partial charge is 0.108 e. The first-order valence-electron chi connectivity index (χ1n) is 2.94. The monoisotopic (exact) mass is 412 g/mol. The van der Waals surface area contributed by atoms with Crippen LogP contribution in [0.1, 0.15) is 13.3 Å². The SMILES string of the molecule is [B]C1CC(C)C([CH2-])O1.[CH3-].[CH3-].[W].[Y]. The van der Waals surface area contributed by atoms with E-state index >= 15 is 0 Å². The van der Waals surface area contributed by atoms with E-state index < -0.39 is 0 Å². The maximum Gasteiger partial charge on any atom is 0.108 e. The molecule has 69 valence electrons. The van der Waals surface area contributed by atoms with Crippen molar-refractivity contribution in [2.24, 2.45) is 5.92 Å². The summed E-state index contributed by atoms with van der Waals surface area (Å²) in [4.78, 5) is 0. The van der Waals surface area contributed by atoms with Crippen LogP contribution in [0.2, 0.25) is 0 Å². The van der Waals surface area contributed by atoms with E-state index in [1.54, 1.807) is 0 Å². The Morgan fingerprint density at radius 3 is 1.92 bits per heavy atom. The van der Waals surface area contributed by atoms with Crippen LogP contribution in [0.4, 0.5) is 0 Å². The van der Waals surface area contributed by atoms with Crippen LogP contribution >= 0.6 is 0 Å². The number of hydrogen-bond donors (Lipinski definition) is 0. The van der Waals surface area contributed by atoms with Gasteiger partial charge in [0.1, 0.15) is 7.85 Å². The molecule has 1 heterocycles. The second-order valence-electron chi connectivity index (χ2n) is 2.43. The Morgan fingerprint density at radius 2 is 1.83 bits per heavy atom. The Morgan fingerprint density at radius 1 is 1.42 bits per heavy atom. The Bertz CT molecular complexity index is 85.1. The predicted molar refractivity (Wildman–Crippen MR) is 46.4 cm³/mol. The summed E-state index contributed by atoms with van der Waals surface area (Å²) in [7, 11) is 5.45. The summed E-state index contributed by atoms with van der Waals surface area (Å²) >= 11 is 0. The van der Waals surface area contributed by atoms with Gasteiger partial charge in [0.25, 0.3) is 0 Å². The van der Waals surface area contributed by atoms with E-state index in [-0.39, 0.29) is 80.7 Å². The van der Waals surface area contributed by atoms with Crippen molar-refractivity contribution >= 4 is 7.85 Å². The van der Waals surface area contributed by atoms with Crippen molar-refractivity contribution in [2.45, 2.75) is 25.5 Å². The third-order valence-corrected chi connectivity index (χ3v) is 1.59. The van der Waals surface area contributed by atoms with Crippen LogP contribution in [-0.4, -0.2) is 20.0 Å². The van der Waals surface area contributed by atoms with E-state index in [0.29, 0.717) is 5.92 Å². The molecule has 0 aromatic heterocycles. The van der Waals surface area contributed by atoms with Gasteiger partial charge in [0.2, 0.25) is 0 Å². The maximum atomic E-state index is 5.45. The summed E-state index contributed by atoms with van der Waals surface area (Å²) in [5, 5.41) is 0. The molecule has 0 amide bonds. The first kappa shape index (κ1) is 23.6. The van der Waals surface area contributed by atoms with Crippen molar-refractivity contribution in [3.05, 3.63) is 21.8 Å². The minimum Gasteiger partial charge on any atom is -0.416 e. The van der Waals surface area contributed by atoms with Crippen molar-refractivity contribution in [1.29, 1.82) is 0 Å². The summed E-state index contributed by atoms with van der Waals surface area (Å²) in [6.07, 6.45) is 1.07. The molecular formula is C8H16BOWY-3. The van der Waals surface area contributed by atoms with E-state index in [2.05, 4.69) is 13.8 Å². The van der Waals surface area contributed by atoms with Gasteiger partial charge in [-0.2, -0.15) is 0 Å². The zero-order chi connectivity index (χ0) is 6.15. The fraction of sp³-hybridized carbons (Fsp3) is 0.625. The summed E-state index contributed by atoms with van der Waals surface area (Å²) in [6, 6.07) is -0.0625. The van der Waals surface area contributed by atoms with E-state index in [4.69, 9.17) is 12.6 Å². The van der Waals surface area contributed by atoms with Crippen molar-refractivity contribution in [2.75, 3.05) is 0 Å². The average Bonchev–Trinajstić information content (AvgIpc) is 1.85. The van der Waals surface area contributed by atoms with Crippen molar-refractivity contribution < 1.29 is 58.5 Å². The first-order chi connectivity index (χ1) is 3.70. The molecule has 1 fully saturated rings. The molecule has 0 aliphatic carbocycles. The molecule has 0 bridgehead atoms. The molecule has 1 saturated heterocycles. The van der Waals surface area contributed by atoms with Gasteiger partial charge in [-0.15, -0.1) is 0 Å². The minimum absolute atomic E-state index is 0.